The predicted molar refractivity (Wildman–Crippen MR) is 82.9 cm³/mol. The van der Waals surface area contributed by atoms with Gasteiger partial charge in [0.05, 0.1) is 0 Å². The fourth-order valence-corrected chi connectivity index (χ4v) is 2.42. The SMILES string of the molecule is CCNC(Cc1nc(-c2cccc(C)n2)no1)CC(C)C. The number of nitrogens with one attached hydrogen (secondary N) is 1. The molecule has 0 saturated heterocycles. The summed E-state index contributed by atoms with van der Waals surface area (Å²) in [4.78, 5) is 8.89. The number of hydrogen-bond acceptors (Lipinski definition) is 5. The number of aromatic nitrogens is 3. The van der Waals surface area contributed by atoms with E-state index in [0.29, 0.717) is 23.7 Å². The minimum atomic E-state index is 0.369. The lowest BCUT2D eigenvalue weighted by Crippen LogP contribution is -2.32. The van der Waals surface area contributed by atoms with Crippen molar-refractivity contribution in [2.45, 2.75) is 46.6 Å². The van der Waals surface area contributed by atoms with Crippen molar-refractivity contribution in [2.24, 2.45) is 5.92 Å². The predicted octanol–water partition coefficient (Wildman–Crippen LogP) is 3.01. The zero-order valence-electron chi connectivity index (χ0n) is 13.3. The molecule has 0 aromatic carbocycles. The van der Waals surface area contributed by atoms with Crippen LogP contribution in [-0.4, -0.2) is 27.7 Å². The molecule has 2 aromatic heterocycles. The first-order chi connectivity index (χ1) is 10.1. The Kier molecular flexibility index (Phi) is 5.44. The van der Waals surface area contributed by atoms with E-state index >= 15 is 0 Å². The van der Waals surface area contributed by atoms with Crippen LogP contribution in [0.4, 0.5) is 0 Å². The van der Waals surface area contributed by atoms with Crippen LogP contribution < -0.4 is 5.32 Å². The van der Waals surface area contributed by atoms with E-state index in [1.54, 1.807) is 0 Å². The summed E-state index contributed by atoms with van der Waals surface area (Å²) in [5.41, 5.74) is 1.71. The highest BCUT2D eigenvalue weighted by atomic mass is 16.5. The number of pyridine rings is 1. The highest BCUT2D eigenvalue weighted by Gasteiger charge is 2.16. The molecule has 21 heavy (non-hydrogen) atoms. The molecule has 2 heterocycles. The van der Waals surface area contributed by atoms with E-state index in [-0.39, 0.29) is 0 Å². The molecule has 2 aromatic rings. The average molecular weight is 288 g/mol. The number of rotatable bonds is 7. The molecule has 114 valence electrons. The van der Waals surface area contributed by atoms with Crippen LogP contribution in [0.25, 0.3) is 11.5 Å². The third-order valence-electron chi connectivity index (χ3n) is 3.26. The first-order valence-electron chi connectivity index (χ1n) is 7.58. The number of aryl methyl sites for hydroxylation is 1. The van der Waals surface area contributed by atoms with Gasteiger partial charge in [0.15, 0.2) is 0 Å². The minimum absolute atomic E-state index is 0.369. The van der Waals surface area contributed by atoms with Crippen molar-refractivity contribution in [3.05, 3.63) is 29.8 Å². The molecule has 1 atom stereocenters. The molecule has 0 aliphatic rings. The molecule has 0 radical (unpaired) electrons. The molecule has 2 rings (SSSR count). The maximum absolute atomic E-state index is 5.38. The molecular formula is C16H24N4O. The van der Waals surface area contributed by atoms with Gasteiger partial charge in [0.25, 0.3) is 0 Å². The summed E-state index contributed by atoms with van der Waals surface area (Å²) in [6, 6.07) is 6.17. The van der Waals surface area contributed by atoms with Gasteiger partial charge in [-0.3, -0.25) is 0 Å². The van der Waals surface area contributed by atoms with E-state index in [1.165, 1.54) is 0 Å². The van der Waals surface area contributed by atoms with Gasteiger partial charge in [-0.1, -0.05) is 32.0 Å². The first-order valence-corrected chi connectivity index (χ1v) is 7.58. The van der Waals surface area contributed by atoms with Gasteiger partial charge in [-0.2, -0.15) is 4.98 Å². The fraction of sp³-hybridized carbons (Fsp3) is 0.562. The van der Waals surface area contributed by atoms with Crippen molar-refractivity contribution in [1.82, 2.24) is 20.4 Å². The maximum Gasteiger partial charge on any atom is 0.228 e. The summed E-state index contributed by atoms with van der Waals surface area (Å²) in [6.07, 6.45) is 1.85. The van der Waals surface area contributed by atoms with Crippen LogP contribution in [-0.2, 0) is 6.42 Å². The zero-order chi connectivity index (χ0) is 15.2. The molecule has 1 N–H and O–H groups in total. The van der Waals surface area contributed by atoms with Gasteiger partial charge in [-0.15, -0.1) is 0 Å². The molecule has 0 spiro atoms. The van der Waals surface area contributed by atoms with Crippen LogP contribution in [0.3, 0.4) is 0 Å². The summed E-state index contributed by atoms with van der Waals surface area (Å²) < 4.78 is 5.38. The molecule has 0 saturated carbocycles. The van der Waals surface area contributed by atoms with Crippen LogP contribution in [0.5, 0.6) is 0 Å². The van der Waals surface area contributed by atoms with Crippen molar-refractivity contribution in [2.75, 3.05) is 6.54 Å². The van der Waals surface area contributed by atoms with Crippen molar-refractivity contribution in [3.8, 4) is 11.5 Å². The lowest BCUT2D eigenvalue weighted by molar-refractivity contribution is 0.340. The Hall–Kier alpha value is -1.75. The highest BCUT2D eigenvalue weighted by molar-refractivity contribution is 5.47. The van der Waals surface area contributed by atoms with E-state index in [2.05, 4.69) is 41.2 Å². The second kappa shape index (κ2) is 7.31. The molecule has 5 heteroatoms. The van der Waals surface area contributed by atoms with Gasteiger partial charge < -0.3 is 9.84 Å². The fourth-order valence-electron chi connectivity index (χ4n) is 2.42. The molecule has 1 unspecified atom stereocenters. The maximum atomic E-state index is 5.38. The smallest absolute Gasteiger partial charge is 0.228 e. The van der Waals surface area contributed by atoms with E-state index < -0.39 is 0 Å². The molecular weight excluding hydrogens is 264 g/mol. The van der Waals surface area contributed by atoms with Gasteiger partial charge in [-0.05, 0) is 37.9 Å². The van der Waals surface area contributed by atoms with Crippen molar-refractivity contribution < 1.29 is 4.52 Å². The highest BCUT2D eigenvalue weighted by Crippen LogP contribution is 2.15. The van der Waals surface area contributed by atoms with Gasteiger partial charge >= 0.3 is 0 Å². The molecule has 0 amide bonds. The summed E-state index contributed by atoms with van der Waals surface area (Å²) in [6.45, 7) is 9.45. The summed E-state index contributed by atoms with van der Waals surface area (Å²) in [5, 5.41) is 7.52. The summed E-state index contributed by atoms with van der Waals surface area (Å²) in [7, 11) is 0. The number of hydrogen-bond donors (Lipinski definition) is 1. The Labute approximate surface area is 126 Å². The van der Waals surface area contributed by atoms with E-state index in [0.717, 1.165) is 30.8 Å². The lowest BCUT2D eigenvalue weighted by atomic mass is 10.0. The second-order valence-electron chi connectivity index (χ2n) is 5.76. The topological polar surface area (TPSA) is 63.8 Å². The van der Waals surface area contributed by atoms with E-state index in [1.807, 2.05) is 25.1 Å². The van der Waals surface area contributed by atoms with E-state index in [4.69, 9.17) is 4.52 Å². The summed E-state index contributed by atoms with van der Waals surface area (Å²) in [5.74, 6) is 1.86. The monoisotopic (exact) mass is 288 g/mol. The van der Waals surface area contributed by atoms with Crippen molar-refractivity contribution >= 4 is 0 Å². The standard InChI is InChI=1S/C16H24N4O/c1-5-17-13(9-11(2)3)10-15-19-16(20-21-15)14-8-6-7-12(4)18-14/h6-8,11,13,17H,5,9-10H2,1-4H3. The largest absolute Gasteiger partial charge is 0.339 e. The Morgan fingerprint density at radius 2 is 2.05 bits per heavy atom. The molecule has 0 aliphatic carbocycles. The summed E-state index contributed by atoms with van der Waals surface area (Å²) >= 11 is 0. The third-order valence-corrected chi connectivity index (χ3v) is 3.26. The van der Waals surface area contributed by atoms with Gasteiger partial charge in [0, 0.05) is 18.2 Å². The van der Waals surface area contributed by atoms with Crippen LogP contribution in [0.2, 0.25) is 0 Å². The zero-order valence-corrected chi connectivity index (χ0v) is 13.3. The van der Waals surface area contributed by atoms with Crippen LogP contribution in [0, 0.1) is 12.8 Å². The second-order valence-corrected chi connectivity index (χ2v) is 5.76. The van der Waals surface area contributed by atoms with Gasteiger partial charge in [0.2, 0.25) is 11.7 Å². The Morgan fingerprint density at radius 3 is 2.71 bits per heavy atom. The number of likely N-dealkylation sites (N-methyl/N-ethyl adjacent to an activating group) is 1. The lowest BCUT2D eigenvalue weighted by Gasteiger charge is -2.17. The van der Waals surface area contributed by atoms with Gasteiger partial charge in [0.1, 0.15) is 5.69 Å². The average Bonchev–Trinajstić information content (AvgIpc) is 2.87. The Bertz CT molecular complexity index is 565. The van der Waals surface area contributed by atoms with Crippen molar-refractivity contribution in [3.63, 3.8) is 0 Å². The van der Waals surface area contributed by atoms with Gasteiger partial charge in [-0.25, -0.2) is 4.98 Å². The molecule has 0 fully saturated rings. The van der Waals surface area contributed by atoms with Crippen LogP contribution in [0.15, 0.2) is 22.7 Å². The molecule has 5 nitrogen and oxygen atoms in total. The normalized spacial score (nSPS) is 12.8. The Morgan fingerprint density at radius 1 is 1.24 bits per heavy atom. The Balaban J connectivity index is 2.08. The van der Waals surface area contributed by atoms with Crippen molar-refractivity contribution in [1.29, 1.82) is 0 Å². The quantitative estimate of drug-likeness (QED) is 0.848. The first kappa shape index (κ1) is 15.6. The van der Waals surface area contributed by atoms with Crippen LogP contribution >= 0.6 is 0 Å². The van der Waals surface area contributed by atoms with Crippen LogP contribution in [0.1, 0.15) is 38.8 Å². The minimum Gasteiger partial charge on any atom is -0.339 e. The molecule has 0 bridgehead atoms. The third kappa shape index (κ3) is 4.63. The number of nitrogens with zero attached hydrogens (tertiary/aromatic N) is 3. The molecule has 0 aliphatic heterocycles. The van der Waals surface area contributed by atoms with E-state index in [9.17, 15) is 0 Å².